The van der Waals surface area contributed by atoms with Crippen molar-refractivity contribution in [3.63, 3.8) is 0 Å². The van der Waals surface area contributed by atoms with E-state index in [-0.39, 0.29) is 12.2 Å². The highest BCUT2D eigenvalue weighted by molar-refractivity contribution is 6.53. The molecule has 0 spiro atoms. The molecule has 4 amide bonds. The van der Waals surface area contributed by atoms with Gasteiger partial charge in [0.15, 0.2) is 0 Å². The van der Waals surface area contributed by atoms with E-state index in [1.165, 1.54) is 0 Å². The molecule has 1 saturated heterocycles. The molecular formula is C18H14Cl2N2O4. The predicted molar refractivity (Wildman–Crippen MR) is 97.5 cm³/mol. The number of para-hydroxylation sites is 2. The molecule has 0 bridgehead atoms. The molecule has 1 heterocycles. The summed E-state index contributed by atoms with van der Waals surface area (Å²) in [5.41, 5.74) is 0.809. The first-order valence-corrected chi connectivity index (χ1v) is 8.55. The summed E-state index contributed by atoms with van der Waals surface area (Å²) in [4.78, 5) is 39.2. The number of nitrogens with zero attached hydrogens (tertiary/aromatic N) is 2. The van der Waals surface area contributed by atoms with E-state index >= 15 is 0 Å². The number of anilines is 1. The molecular weight excluding hydrogens is 379 g/mol. The Kier molecular flexibility index (Phi) is 5.15. The fourth-order valence-corrected chi connectivity index (χ4v) is 2.92. The lowest BCUT2D eigenvalue weighted by atomic mass is 10.2. The standard InChI is InChI=1S/C18H14Cl2N2O4/c1-2-26-15-6-4-3-5-14(15)22-17(24)16(23)21(18(22)25)10-11-7-8-12(19)13(20)9-11/h3-9H,2,10H2,1H3. The quantitative estimate of drug-likeness (QED) is 0.571. The number of ether oxygens (including phenoxy) is 1. The van der Waals surface area contributed by atoms with Crippen molar-refractivity contribution in [1.29, 1.82) is 0 Å². The second-order valence-electron chi connectivity index (χ2n) is 5.46. The highest BCUT2D eigenvalue weighted by atomic mass is 35.5. The highest BCUT2D eigenvalue weighted by Crippen LogP contribution is 2.32. The van der Waals surface area contributed by atoms with E-state index in [2.05, 4.69) is 0 Å². The van der Waals surface area contributed by atoms with Gasteiger partial charge in [0.1, 0.15) is 5.75 Å². The Morgan fingerprint density at radius 1 is 0.962 bits per heavy atom. The van der Waals surface area contributed by atoms with E-state index in [1.54, 1.807) is 49.4 Å². The Morgan fingerprint density at radius 2 is 1.69 bits per heavy atom. The first-order chi connectivity index (χ1) is 12.4. The minimum atomic E-state index is -0.929. The Balaban J connectivity index is 1.92. The van der Waals surface area contributed by atoms with Crippen LogP contribution in [-0.2, 0) is 16.1 Å². The van der Waals surface area contributed by atoms with Gasteiger partial charge in [-0.15, -0.1) is 0 Å². The third-order valence-electron chi connectivity index (χ3n) is 3.78. The Bertz CT molecular complexity index is 901. The van der Waals surface area contributed by atoms with E-state index in [4.69, 9.17) is 27.9 Å². The molecule has 0 saturated carbocycles. The lowest BCUT2D eigenvalue weighted by molar-refractivity contribution is -0.139. The van der Waals surface area contributed by atoms with Crippen LogP contribution in [0.25, 0.3) is 0 Å². The number of halogens is 2. The van der Waals surface area contributed by atoms with Crippen molar-refractivity contribution in [2.24, 2.45) is 0 Å². The van der Waals surface area contributed by atoms with E-state index < -0.39 is 17.8 Å². The molecule has 1 aliphatic rings. The first-order valence-electron chi connectivity index (χ1n) is 7.79. The largest absolute Gasteiger partial charge is 0.492 e. The number of benzene rings is 2. The van der Waals surface area contributed by atoms with Crippen LogP contribution in [0.5, 0.6) is 5.75 Å². The molecule has 0 unspecified atom stereocenters. The molecule has 0 N–H and O–H groups in total. The van der Waals surface area contributed by atoms with Crippen molar-refractivity contribution in [3.05, 3.63) is 58.1 Å². The molecule has 134 valence electrons. The normalized spacial score (nSPS) is 14.3. The molecule has 1 aliphatic heterocycles. The average Bonchev–Trinajstić information content (AvgIpc) is 2.83. The van der Waals surface area contributed by atoms with E-state index in [0.29, 0.717) is 28.0 Å². The van der Waals surface area contributed by atoms with Crippen LogP contribution in [0.1, 0.15) is 12.5 Å². The number of carbonyl (C=O) groups is 3. The second kappa shape index (κ2) is 7.35. The number of hydrogen-bond donors (Lipinski definition) is 0. The van der Waals surface area contributed by atoms with Crippen molar-refractivity contribution in [2.45, 2.75) is 13.5 Å². The van der Waals surface area contributed by atoms with Gasteiger partial charge in [0.2, 0.25) is 0 Å². The first kappa shape index (κ1) is 18.2. The molecule has 0 atom stereocenters. The Labute approximate surface area is 159 Å². The van der Waals surface area contributed by atoms with E-state index in [9.17, 15) is 14.4 Å². The van der Waals surface area contributed by atoms with Crippen LogP contribution in [0.4, 0.5) is 10.5 Å². The third kappa shape index (κ3) is 3.25. The van der Waals surface area contributed by atoms with Gasteiger partial charge in [0.25, 0.3) is 0 Å². The van der Waals surface area contributed by atoms with Gasteiger partial charge in [0, 0.05) is 0 Å². The Morgan fingerprint density at radius 3 is 2.38 bits per heavy atom. The summed E-state index contributed by atoms with van der Waals surface area (Å²) < 4.78 is 5.46. The van der Waals surface area contributed by atoms with Crippen molar-refractivity contribution in [3.8, 4) is 5.75 Å². The maximum Gasteiger partial charge on any atom is 0.339 e. The SMILES string of the molecule is CCOc1ccccc1N1C(=O)C(=O)N(Cc2ccc(Cl)c(Cl)c2)C1=O. The Hall–Kier alpha value is -2.57. The lowest BCUT2D eigenvalue weighted by Crippen LogP contribution is -2.33. The van der Waals surface area contributed by atoms with Gasteiger partial charge in [0.05, 0.1) is 28.9 Å². The molecule has 0 aromatic heterocycles. The van der Waals surface area contributed by atoms with Gasteiger partial charge in [-0.3, -0.25) is 14.5 Å². The summed E-state index contributed by atoms with van der Waals surface area (Å²) >= 11 is 11.8. The van der Waals surface area contributed by atoms with Crippen molar-refractivity contribution in [2.75, 3.05) is 11.5 Å². The van der Waals surface area contributed by atoms with Crippen molar-refractivity contribution >= 4 is 46.7 Å². The molecule has 6 nitrogen and oxygen atoms in total. The van der Waals surface area contributed by atoms with Gasteiger partial charge < -0.3 is 4.74 Å². The van der Waals surface area contributed by atoms with Crippen LogP contribution in [0, 0.1) is 0 Å². The summed E-state index contributed by atoms with van der Waals surface area (Å²) in [6.45, 7) is 2.05. The fraction of sp³-hybridized carbons (Fsp3) is 0.167. The number of rotatable bonds is 5. The minimum Gasteiger partial charge on any atom is -0.492 e. The molecule has 3 rings (SSSR count). The fourth-order valence-electron chi connectivity index (χ4n) is 2.60. The van der Waals surface area contributed by atoms with Crippen LogP contribution >= 0.6 is 23.2 Å². The summed E-state index contributed by atoms with van der Waals surface area (Å²) in [6, 6.07) is 10.6. The average molecular weight is 393 g/mol. The topological polar surface area (TPSA) is 66.9 Å². The number of carbonyl (C=O) groups excluding carboxylic acids is 3. The molecule has 0 radical (unpaired) electrons. The van der Waals surface area contributed by atoms with Crippen LogP contribution in [0.3, 0.4) is 0 Å². The van der Waals surface area contributed by atoms with Crippen molar-refractivity contribution in [1.82, 2.24) is 4.90 Å². The minimum absolute atomic E-state index is 0.0897. The summed E-state index contributed by atoms with van der Waals surface area (Å²) in [6.07, 6.45) is 0. The van der Waals surface area contributed by atoms with Gasteiger partial charge in [-0.25, -0.2) is 9.69 Å². The van der Waals surface area contributed by atoms with Crippen molar-refractivity contribution < 1.29 is 19.1 Å². The summed E-state index contributed by atoms with van der Waals surface area (Å²) in [5.74, 6) is -1.49. The predicted octanol–water partition coefficient (Wildman–Crippen LogP) is 3.89. The lowest BCUT2D eigenvalue weighted by Gasteiger charge is -2.18. The van der Waals surface area contributed by atoms with Gasteiger partial charge in [-0.05, 0) is 36.8 Å². The number of imide groups is 2. The van der Waals surface area contributed by atoms with E-state index in [1.807, 2.05) is 0 Å². The second-order valence-corrected chi connectivity index (χ2v) is 6.28. The molecule has 2 aromatic rings. The zero-order valence-corrected chi connectivity index (χ0v) is 15.3. The van der Waals surface area contributed by atoms with Crippen LogP contribution < -0.4 is 9.64 Å². The monoisotopic (exact) mass is 392 g/mol. The zero-order chi connectivity index (χ0) is 18.8. The van der Waals surface area contributed by atoms with Crippen LogP contribution in [0.15, 0.2) is 42.5 Å². The maximum atomic E-state index is 12.7. The van der Waals surface area contributed by atoms with Crippen LogP contribution in [0.2, 0.25) is 10.0 Å². The van der Waals surface area contributed by atoms with Gasteiger partial charge >= 0.3 is 17.8 Å². The van der Waals surface area contributed by atoms with Gasteiger partial charge in [-0.2, -0.15) is 0 Å². The molecule has 8 heteroatoms. The molecule has 26 heavy (non-hydrogen) atoms. The highest BCUT2D eigenvalue weighted by Gasteiger charge is 2.46. The van der Waals surface area contributed by atoms with Gasteiger partial charge in [-0.1, -0.05) is 41.4 Å². The number of amides is 4. The zero-order valence-electron chi connectivity index (χ0n) is 13.7. The molecule has 0 aliphatic carbocycles. The number of urea groups is 1. The smallest absolute Gasteiger partial charge is 0.339 e. The van der Waals surface area contributed by atoms with Crippen LogP contribution in [-0.4, -0.2) is 29.4 Å². The summed E-state index contributed by atoms with van der Waals surface area (Å²) in [5, 5.41) is 0.658. The molecule has 1 fully saturated rings. The maximum absolute atomic E-state index is 12.7. The van der Waals surface area contributed by atoms with E-state index in [0.717, 1.165) is 9.80 Å². The number of hydrogen-bond acceptors (Lipinski definition) is 4. The third-order valence-corrected chi connectivity index (χ3v) is 4.52. The molecule has 2 aromatic carbocycles. The summed E-state index contributed by atoms with van der Waals surface area (Å²) in [7, 11) is 0.